The van der Waals surface area contributed by atoms with Gasteiger partial charge in [-0.1, -0.05) is 23.8 Å². The molecule has 0 radical (unpaired) electrons. The number of anilines is 1. The van der Waals surface area contributed by atoms with Crippen LogP contribution >= 0.6 is 0 Å². The number of rotatable bonds is 5. The first-order chi connectivity index (χ1) is 13.2. The molecule has 7 nitrogen and oxygen atoms in total. The van der Waals surface area contributed by atoms with Crippen molar-refractivity contribution in [3.63, 3.8) is 0 Å². The van der Waals surface area contributed by atoms with Crippen molar-refractivity contribution in [3.8, 4) is 5.75 Å². The molecule has 2 amide bonds. The lowest BCUT2D eigenvalue weighted by Gasteiger charge is -2.18. The van der Waals surface area contributed by atoms with E-state index in [-0.39, 0.29) is 10.8 Å². The fraction of sp³-hybridized carbons (Fsp3) is 0.300. The van der Waals surface area contributed by atoms with E-state index in [1.807, 2.05) is 13.0 Å². The van der Waals surface area contributed by atoms with Gasteiger partial charge in [0.2, 0.25) is 5.91 Å². The van der Waals surface area contributed by atoms with E-state index in [0.29, 0.717) is 35.4 Å². The molecule has 0 atom stereocenters. The summed E-state index contributed by atoms with van der Waals surface area (Å²) in [6, 6.07) is 8.64. The maximum absolute atomic E-state index is 12.6. The standard InChI is InChI=1S/C20H22N2O5S/c1-12-8-13(2)20(14(3)9-12)28(25,26)22-19(24)11-27-16-6-4-15-5-7-18(23)21-17(15)10-16/h4,6,8-10H,5,7,11H2,1-3H3,(H,21,23)(H,22,24). The van der Waals surface area contributed by atoms with Crippen molar-refractivity contribution in [1.82, 2.24) is 4.72 Å². The van der Waals surface area contributed by atoms with E-state index in [9.17, 15) is 18.0 Å². The van der Waals surface area contributed by atoms with Crippen LogP contribution in [0.25, 0.3) is 0 Å². The Morgan fingerprint density at radius 2 is 1.79 bits per heavy atom. The zero-order valence-corrected chi connectivity index (χ0v) is 16.8. The Bertz CT molecular complexity index is 1040. The molecule has 0 aliphatic carbocycles. The van der Waals surface area contributed by atoms with Crippen LogP contribution in [0.3, 0.4) is 0 Å². The van der Waals surface area contributed by atoms with Gasteiger partial charge < -0.3 is 10.1 Å². The number of aryl methyl sites for hydroxylation is 4. The van der Waals surface area contributed by atoms with E-state index in [1.165, 1.54) is 0 Å². The van der Waals surface area contributed by atoms with Gasteiger partial charge in [0.15, 0.2) is 6.61 Å². The van der Waals surface area contributed by atoms with Crippen molar-refractivity contribution < 1.29 is 22.7 Å². The molecule has 2 N–H and O–H groups in total. The highest BCUT2D eigenvalue weighted by molar-refractivity contribution is 7.90. The van der Waals surface area contributed by atoms with Gasteiger partial charge in [-0.3, -0.25) is 9.59 Å². The lowest BCUT2D eigenvalue weighted by molar-refractivity contribution is -0.121. The first-order valence-corrected chi connectivity index (χ1v) is 10.3. The van der Waals surface area contributed by atoms with Gasteiger partial charge in [-0.05, 0) is 49.9 Å². The summed E-state index contributed by atoms with van der Waals surface area (Å²) in [6.07, 6.45) is 1.08. The lowest BCUT2D eigenvalue weighted by atomic mass is 10.0. The molecule has 148 valence electrons. The molecule has 1 aliphatic rings. The van der Waals surface area contributed by atoms with Gasteiger partial charge in [-0.25, -0.2) is 13.1 Å². The number of carbonyl (C=O) groups excluding carboxylic acids is 2. The van der Waals surface area contributed by atoms with Crippen molar-refractivity contribution in [2.24, 2.45) is 0 Å². The Balaban J connectivity index is 1.68. The third-order valence-corrected chi connectivity index (χ3v) is 6.15. The molecule has 0 saturated carbocycles. The molecule has 1 heterocycles. The van der Waals surface area contributed by atoms with Gasteiger partial charge in [-0.15, -0.1) is 0 Å². The maximum Gasteiger partial charge on any atom is 0.271 e. The second-order valence-electron chi connectivity index (χ2n) is 6.91. The Labute approximate surface area is 164 Å². The van der Waals surface area contributed by atoms with Crippen LogP contribution in [0, 0.1) is 20.8 Å². The highest BCUT2D eigenvalue weighted by Crippen LogP contribution is 2.27. The van der Waals surface area contributed by atoms with Gasteiger partial charge >= 0.3 is 0 Å². The number of carbonyl (C=O) groups is 2. The number of hydrogen-bond acceptors (Lipinski definition) is 5. The molecular formula is C20H22N2O5S. The van der Waals surface area contributed by atoms with E-state index >= 15 is 0 Å². The lowest BCUT2D eigenvalue weighted by Crippen LogP contribution is -2.35. The minimum absolute atomic E-state index is 0.0719. The van der Waals surface area contributed by atoms with Gasteiger partial charge in [0.25, 0.3) is 15.9 Å². The smallest absolute Gasteiger partial charge is 0.271 e. The second-order valence-corrected chi connectivity index (χ2v) is 8.53. The van der Waals surface area contributed by atoms with Gasteiger partial charge in [0.05, 0.1) is 4.90 Å². The van der Waals surface area contributed by atoms with Crippen LogP contribution in [0.4, 0.5) is 5.69 Å². The summed E-state index contributed by atoms with van der Waals surface area (Å²) >= 11 is 0. The predicted molar refractivity (Wildman–Crippen MR) is 105 cm³/mol. The molecule has 8 heteroatoms. The number of amides is 2. The summed E-state index contributed by atoms with van der Waals surface area (Å²) in [7, 11) is -4.00. The van der Waals surface area contributed by atoms with E-state index in [0.717, 1.165) is 11.1 Å². The summed E-state index contributed by atoms with van der Waals surface area (Å²) in [5.74, 6) is -0.477. The number of fused-ring (bicyclic) bond motifs is 1. The van der Waals surface area contributed by atoms with E-state index < -0.39 is 22.5 Å². The number of ether oxygens (including phenoxy) is 1. The molecule has 0 fully saturated rings. The van der Waals surface area contributed by atoms with Crippen LogP contribution in [0.5, 0.6) is 5.75 Å². The van der Waals surface area contributed by atoms with Gasteiger partial charge in [-0.2, -0.15) is 0 Å². The number of nitrogens with one attached hydrogen (secondary N) is 2. The van der Waals surface area contributed by atoms with Crippen molar-refractivity contribution in [1.29, 1.82) is 0 Å². The molecule has 2 aromatic carbocycles. The first-order valence-electron chi connectivity index (χ1n) is 8.85. The predicted octanol–water partition coefficient (Wildman–Crippen LogP) is 2.38. The van der Waals surface area contributed by atoms with Crippen LogP contribution in [-0.4, -0.2) is 26.8 Å². The SMILES string of the molecule is Cc1cc(C)c(S(=O)(=O)NC(=O)COc2ccc3c(c2)NC(=O)CC3)c(C)c1. The zero-order valence-electron chi connectivity index (χ0n) is 16.0. The number of sulfonamides is 1. The highest BCUT2D eigenvalue weighted by atomic mass is 32.2. The molecule has 1 aliphatic heterocycles. The third kappa shape index (κ3) is 4.33. The molecule has 2 aromatic rings. The molecule has 3 rings (SSSR count). The number of benzene rings is 2. The second kappa shape index (κ2) is 7.63. The average molecular weight is 402 g/mol. The maximum atomic E-state index is 12.6. The quantitative estimate of drug-likeness (QED) is 0.800. The van der Waals surface area contributed by atoms with Crippen molar-refractivity contribution >= 4 is 27.5 Å². The van der Waals surface area contributed by atoms with E-state index in [1.54, 1.807) is 38.1 Å². The minimum atomic E-state index is -4.00. The van der Waals surface area contributed by atoms with E-state index in [2.05, 4.69) is 10.0 Å². The Morgan fingerprint density at radius 3 is 2.46 bits per heavy atom. The summed E-state index contributed by atoms with van der Waals surface area (Å²) < 4.78 is 32.7. The Kier molecular flexibility index (Phi) is 5.42. The Hall–Kier alpha value is -2.87. The summed E-state index contributed by atoms with van der Waals surface area (Å²) in [5, 5.41) is 2.75. The first kappa shape index (κ1) is 19.9. The third-order valence-electron chi connectivity index (χ3n) is 4.47. The highest BCUT2D eigenvalue weighted by Gasteiger charge is 2.23. The molecule has 0 bridgehead atoms. The van der Waals surface area contributed by atoms with Crippen molar-refractivity contribution in [3.05, 3.63) is 52.6 Å². The largest absolute Gasteiger partial charge is 0.484 e. The molecular weight excluding hydrogens is 380 g/mol. The Morgan fingerprint density at radius 1 is 1.11 bits per heavy atom. The van der Waals surface area contributed by atoms with Crippen molar-refractivity contribution in [2.75, 3.05) is 11.9 Å². The van der Waals surface area contributed by atoms with Crippen LogP contribution in [0.1, 0.15) is 28.7 Å². The van der Waals surface area contributed by atoms with E-state index in [4.69, 9.17) is 4.74 Å². The topological polar surface area (TPSA) is 102 Å². The summed E-state index contributed by atoms with van der Waals surface area (Å²) in [6.45, 7) is 4.80. The molecule has 28 heavy (non-hydrogen) atoms. The van der Waals surface area contributed by atoms with Crippen molar-refractivity contribution in [2.45, 2.75) is 38.5 Å². The molecule has 0 aromatic heterocycles. The fourth-order valence-corrected chi connectivity index (χ4v) is 4.84. The van der Waals surface area contributed by atoms with Gasteiger partial charge in [0.1, 0.15) is 5.75 Å². The monoisotopic (exact) mass is 402 g/mol. The van der Waals surface area contributed by atoms with Crippen LogP contribution < -0.4 is 14.8 Å². The zero-order chi connectivity index (χ0) is 20.5. The van der Waals surface area contributed by atoms with Crippen LogP contribution in [0.15, 0.2) is 35.2 Å². The van der Waals surface area contributed by atoms with Crippen LogP contribution in [0.2, 0.25) is 0 Å². The van der Waals surface area contributed by atoms with Gasteiger partial charge in [0, 0.05) is 18.2 Å². The average Bonchev–Trinajstić information content (AvgIpc) is 2.57. The molecule has 0 spiro atoms. The summed E-state index contributed by atoms with van der Waals surface area (Å²) in [5.41, 5.74) is 3.73. The minimum Gasteiger partial charge on any atom is -0.484 e. The fourth-order valence-electron chi connectivity index (χ4n) is 3.41. The number of hydrogen-bond donors (Lipinski definition) is 2. The summed E-state index contributed by atoms with van der Waals surface area (Å²) in [4.78, 5) is 23.7. The molecule has 0 saturated heterocycles. The molecule has 0 unspecified atom stereocenters. The normalized spacial score (nSPS) is 13.5. The van der Waals surface area contributed by atoms with Crippen LogP contribution in [-0.2, 0) is 26.0 Å².